The molecule has 0 bridgehead atoms. The van der Waals surface area contributed by atoms with Crippen molar-refractivity contribution in [1.29, 1.82) is 0 Å². The number of rotatable bonds is 9. The number of ether oxygens (including phenoxy) is 2. The second-order valence-electron chi connectivity index (χ2n) is 6.87. The molecule has 1 amide bonds. The Labute approximate surface area is 195 Å². The van der Waals surface area contributed by atoms with Crippen molar-refractivity contribution in [3.8, 4) is 17.2 Å². The van der Waals surface area contributed by atoms with Gasteiger partial charge in [0, 0.05) is 0 Å². The first-order chi connectivity index (χ1) is 16.2. The molecule has 1 N–H and O–H groups in total. The highest BCUT2D eigenvalue weighted by atomic mass is 32.2. The van der Waals surface area contributed by atoms with Gasteiger partial charge in [0.05, 0.1) is 19.4 Å². The Hall–Kier alpha value is -3.85. The summed E-state index contributed by atoms with van der Waals surface area (Å²) in [6.07, 6.45) is 0. The SMILES string of the molecule is CCOc1ccccc1NC(=O)C(Sc1nnnn1-c1ccccc1OC)c1ccccc1. The van der Waals surface area contributed by atoms with Crippen LogP contribution in [0.2, 0.25) is 0 Å². The van der Waals surface area contributed by atoms with Crippen molar-refractivity contribution >= 4 is 23.4 Å². The van der Waals surface area contributed by atoms with Gasteiger partial charge in [-0.2, -0.15) is 4.68 Å². The summed E-state index contributed by atoms with van der Waals surface area (Å²) in [4.78, 5) is 13.5. The van der Waals surface area contributed by atoms with E-state index in [1.54, 1.807) is 11.8 Å². The van der Waals surface area contributed by atoms with Crippen LogP contribution in [0.4, 0.5) is 5.69 Å². The lowest BCUT2D eigenvalue weighted by atomic mass is 10.1. The molecule has 0 radical (unpaired) electrons. The Morgan fingerprint density at radius 1 is 1.00 bits per heavy atom. The maximum Gasteiger partial charge on any atom is 0.242 e. The van der Waals surface area contributed by atoms with E-state index in [1.165, 1.54) is 11.8 Å². The van der Waals surface area contributed by atoms with Crippen LogP contribution < -0.4 is 14.8 Å². The summed E-state index contributed by atoms with van der Waals surface area (Å²) < 4.78 is 12.7. The summed E-state index contributed by atoms with van der Waals surface area (Å²) in [7, 11) is 1.59. The summed E-state index contributed by atoms with van der Waals surface area (Å²) in [5.74, 6) is 1.02. The molecule has 1 atom stereocenters. The summed E-state index contributed by atoms with van der Waals surface area (Å²) in [5.41, 5.74) is 2.11. The average molecular weight is 462 g/mol. The quantitative estimate of drug-likeness (QED) is 0.366. The number of amides is 1. The number of hydrogen-bond acceptors (Lipinski definition) is 7. The fourth-order valence-electron chi connectivity index (χ4n) is 3.26. The lowest BCUT2D eigenvalue weighted by Gasteiger charge is -2.18. The van der Waals surface area contributed by atoms with Crippen molar-refractivity contribution < 1.29 is 14.3 Å². The molecule has 0 spiro atoms. The van der Waals surface area contributed by atoms with E-state index < -0.39 is 5.25 Å². The van der Waals surface area contributed by atoms with E-state index in [4.69, 9.17) is 9.47 Å². The Morgan fingerprint density at radius 3 is 2.45 bits per heavy atom. The number of tetrazole rings is 1. The van der Waals surface area contributed by atoms with Crippen molar-refractivity contribution in [3.05, 3.63) is 84.4 Å². The zero-order chi connectivity index (χ0) is 23.0. The molecular formula is C24H23N5O3S. The average Bonchev–Trinajstić information content (AvgIpc) is 3.32. The number of carbonyl (C=O) groups is 1. The zero-order valence-corrected chi connectivity index (χ0v) is 19.0. The second kappa shape index (κ2) is 10.6. The fourth-order valence-corrected chi connectivity index (χ4v) is 4.25. The van der Waals surface area contributed by atoms with Crippen LogP contribution in [-0.4, -0.2) is 39.8 Å². The van der Waals surface area contributed by atoms with Crippen molar-refractivity contribution in [2.75, 3.05) is 19.0 Å². The van der Waals surface area contributed by atoms with Gasteiger partial charge in [-0.05, 0) is 47.2 Å². The number of benzene rings is 3. The predicted molar refractivity (Wildman–Crippen MR) is 127 cm³/mol. The van der Waals surface area contributed by atoms with Gasteiger partial charge in [0.1, 0.15) is 22.4 Å². The van der Waals surface area contributed by atoms with Crippen molar-refractivity contribution in [2.45, 2.75) is 17.3 Å². The highest BCUT2D eigenvalue weighted by molar-refractivity contribution is 8.00. The molecule has 4 aromatic rings. The van der Waals surface area contributed by atoms with Gasteiger partial charge in [-0.1, -0.05) is 66.4 Å². The predicted octanol–water partition coefficient (Wildman–Crippen LogP) is 4.54. The highest BCUT2D eigenvalue weighted by Crippen LogP contribution is 2.37. The topological polar surface area (TPSA) is 91.2 Å². The first kappa shape index (κ1) is 22.3. The largest absolute Gasteiger partial charge is 0.494 e. The Morgan fingerprint density at radius 2 is 1.70 bits per heavy atom. The third-order valence-electron chi connectivity index (χ3n) is 4.76. The summed E-state index contributed by atoms with van der Waals surface area (Å²) in [6.45, 7) is 2.40. The van der Waals surface area contributed by atoms with E-state index in [0.29, 0.717) is 34.6 Å². The second-order valence-corrected chi connectivity index (χ2v) is 7.94. The van der Waals surface area contributed by atoms with Crippen LogP contribution in [-0.2, 0) is 4.79 Å². The number of para-hydroxylation sites is 4. The van der Waals surface area contributed by atoms with Gasteiger partial charge in [0.15, 0.2) is 0 Å². The van der Waals surface area contributed by atoms with Crippen molar-refractivity contribution in [3.63, 3.8) is 0 Å². The third-order valence-corrected chi connectivity index (χ3v) is 5.95. The van der Waals surface area contributed by atoms with E-state index in [0.717, 1.165) is 5.56 Å². The summed E-state index contributed by atoms with van der Waals surface area (Å²) in [5, 5.41) is 15.0. The minimum Gasteiger partial charge on any atom is -0.494 e. The van der Waals surface area contributed by atoms with Gasteiger partial charge in [-0.3, -0.25) is 4.79 Å². The molecule has 3 aromatic carbocycles. The smallest absolute Gasteiger partial charge is 0.242 e. The van der Waals surface area contributed by atoms with Gasteiger partial charge >= 0.3 is 0 Å². The van der Waals surface area contributed by atoms with Crippen LogP contribution in [0.5, 0.6) is 11.5 Å². The summed E-state index contributed by atoms with van der Waals surface area (Å²) in [6, 6.07) is 24.3. The van der Waals surface area contributed by atoms with E-state index in [9.17, 15) is 4.79 Å². The van der Waals surface area contributed by atoms with Crippen LogP contribution >= 0.6 is 11.8 Å². The number of hydrogen-bond donors (Lipinski definition) is 1. The molecule has 1 unspecified atom stereocenters. The van der Waals surface area contributed by atoms with Crippen molar-refractivity contribution in [2.24, 2.45) is 0 Å². The van der Waals surface area contributed by atoms with Gasteiger partial charge in [0.2, 0.25) is 11.1 Å². The van der Waals surface area contributed by atoms with Gasteiger partial charge in [-0.15, -0.1) is 5.10 Å². The molecule has 0 aliphatic rings. The lowest BCUT2D eigenvalue weighted by Crippen LogP contribution is -2.20. The number of carbonyl (C=O) groups excluding carboxylic acids is 1. The van der Waals surface area contributed by atoms with Gasteiger partial charge < -0.3 is 14.8 Å². The fraction of sp³-hybridized carbons (Fsp3) is 0.167. The van der Waals surface area contributed by atoms with Crippen LogP contribution in [0.1, 0.15) is 17.7 Å². The molecule has 33 heavy (non-hydrogen) atoms. The van der Waals surface area contributed by atoms with E-state index in [-0.39, 0.29) is 5.91 Å². The molecule has 168 valence electrons. The monoisotopic (exact) mass is 461 g/mol. The summed E-state index contributed by atoms with van der Waals surface area (Å²) >= 11 is 1.25. The molecule has 0 aliphatic heterocycles. The highest BCUT2D eigenvalue weighted by Gasteiger charge is 2.26. The standard InChI is InChI=1S/C24H23N5O3S/c1-3-32-20-15-9-7-13-18(20)25-23(30)22(17-11-5-4-6-12-17)33-24-26-27-28-29(24)19-14-8-10-16-21(19)31-2/h4-16,22H,3H2,1-2H3,(H,25,30). The molecule has 0 saturated carbocycles. The number of anilines is 1. The number of aromatic nitrogens is 4. The van der Waals surface area contributed by atoms with E-state index in [2.05, 4.69) is 20.8 Å². The maximum absolute atomic E-state index is 13.5. The van der Waals surface area contributed by atoms with Crippen LogP contribution in [0.15, 0.2) is 84.0 Å². The lowest BCUT2D eigenvalue weighted by molar-refractivity contribution is -0.115. The minimum absolute atomic E-state index is 0.215. The Kier molecular flexibility index (Phi) is 7.21. The Balaban J connectivity index is 1.67. The normalized spacial score (nSPS) is 11.6. The molecule has 9 heteroatoms. The molecule has 1 aromatic heterocycles. The maximum atomic E-state index is 13.5. The Bertz CT molecular complexity index is 1220. The van der Waals surface area contributed by atoms with Crippen LogP contribution in [0.25, 0.3) is 5.69 Å². The molecule has 0 saturated heterocycles. The first-order valence-electron chi connectivity index (χ1n) is 10.4. The van der Waals surface area contributed by atoms with Crippen LogP contribution in [0, 0.1) is 0 Å². The third kappa shape index (κ3) is 5.15. The molecule has 1 heterocycles. The molecule has 8 nitrogen and oxygen atoms in total. The molecular weight excluding hydrogens is 438 g/mol. The number of methoxy groups -OCH3 is 1. The van der Waals surface area contributed by atoms with Crippen molar-refractivity contribution in [1.82, 2.24) is 20.2 Å². The number of thioether (sulfide) groups is 1. The first-order valence-corrected chi connectivity index (χ1v) is 11.2. The van der Waals surface area contributed by atoms with Gasteiger partial charge in [-0.25, -0.2) is 0 Å². The number of nitrogens with one attached hydrogen (secondary N) is 1. The minimum atomic E-state index is -0.611. The number of nitrogens with zero attached hydrogens (tertiary/aromatic N) is 4. The van der Waals surface area contributed by atoms with Gasteiger partial charge in [0.25, 0.3) is 0 Å². The molecule has 0 fully saturated rings. The van der Waals surface area contributed by atoms with E-state index >= 15 is 0 Å². The van der Waals surface area contributed by atoms with E-state index in [1.807, 2.05) is 85.8 Å². The molecule has 4 rings (SSSR count). The zero-order valence-electron chi connectivity index (χ0n) is 18.2. The van der Waals surface area contributed by atoms with Crippen LogP contribution in [0.3, 0.4) is 0 Å². The molecule has 0 aliphatic carbocycles.